The number of ether oxygens (including phenoxy) is 3. The van der Waals surface area contributed by atoms with E-state index in [-0.39, 0.29) is 39.4 Å². The molecule has 0 bridgehead atoms. The first kappa shape index (κ1) is 28.8. The van der Waals surface area contributed by atoms with Gasteiger partial charge in [0.2, 0.25) is 11.6 Å². The van der Waals surface area contributed by atoms with Gasteiger partial charge in [-0.1, -0.05) is 37.0 Å². The first-order valence-corrected chi connectivity index (χ1v) is 13.1. The summed E-state index contributed by atoms with van der Waals surface area (Å²) < 4.78 is 18.2. The smallest absolute Gasteiger partial charge is 0.434 e. The van der Waals surface area contributed by atoms with Crippen LogP contribution in [0.3, 0.4) is 0 Å². The fourth-order valence-corrected chi connectivity index (χ4v) is 4.65. The number of hydrogen-bond donors (Lipinski definition) is 1. The lowest BCUT2D eigenvalue weighted by molar-refractivity contribution is -0.0218. The number of benzene rings is 1. The Labute approximate surface area is 236 Å². The summed E-state index contributed by atoms with van der Waals surface area (Å²) in [6.07, 6.45) is 1.21. The molecule has 210 valence electrons. The lowest BCUT2D eigenvalue weighted by Gasteiger charge is -2.19. The number of carbonyl (C=O) groups excluding carboxylic acids is 1. The first-order valence-electron chi connectivity index (χ1n) is 12.3. The van der Waals surface area contributed by atoms with Crippen LogP contribution in [-0.4, -0.2) is 36.8 Å². The zero-order chi connectivity index (χ0) is 29.1. The van der Waals surface area contributed by atoms with Crippen molar-refractivity contribution in [3.05, 3.63) is 70.7 Å². The van der Waals surface area contributed by atoms with Crippen LogP contribution >= 0.6 is 23.2 Å². The number of hydrogen-bond acceptors (Lipinski definition) is 10. The van der Waals surface area contributed by atoms with Crippen LogP contribution in [0, 0.1) is 11.3 Å². The van der Waals surface area contributed by atoms with E-state index in [1.165, 1.54) is 25.1 Å². The summed E-state index contributed by atoms with van der Waals surface area (Å²) in [5, 5.41) is 16.8. The first-order chi connectivity index (χ1) is 19.0. The second-order valence-electron chi connectivity index (χ2n) is 9.31. The Morgan fingerprint density at radius 1 is 1.10 bits per heavy atom. The Bertz CT molecular complexity index is 1640. The third-order valence-electron chi connectivity index (χ3n) is 6.11. The molecule has 0 aliphatic heterocycles. The van der Waals surface area contributed by atoms with Crippen LogP contribution in [0.4, 0.5) is 4.79 Å². The molecule has 0 spiro atoms. The highest BCUT2D eigenvalue weighted by molar-refractivity contribution is 6.37. The van der Waals surface area contributed by atoms with Crippen LogP contribution in [-0.2, 0) is 9.47 Å². The molecule has 2 heterocycles. The van der Waals surface area contributed by atoms with Crippen LogP contribution in [0.25, 0.3) is 5.69 Å². The molecule has 0 saturated heterocycles. The minimum absolute atomic E-state index is 0.0451. The molecule has 1 saturated carbocycles. The van der Waals surface area contributed by atoms with E-state index in [0.29, 0.717) is 5.56 Å². The fraction of sp³-hybridized carbons (Fsp3) is 0.400. The molecule has 1 unspecified atom stereocenters. The molecule has 1 fully saturated rings. The average molecular weight is 591 g/mol. The third kappa shape index (κ3) is 6.19. The van der Waals surface area contributed by atoms with E-state index in [0.717, 1.165) is 35.0 Å². The molecule has 1 atom stereocenters. The minimum atomic E-state index is -1.12. The molecule has 0 amide bonds. The van der Waals surface area contributed by atoms with Crippen LogP contribution in [0.2, 0.25) is 10.0 Å². The van der Waals surface area contributed by atoms with Crippen molar-refractivity contribution in [1.82, 2.24) is 24.5 Å². The molecular weight excluding hydrogens is 567 g/mol. The van der Waals surface area contributed by atoms with Crippen molar-refractivity contribution >= 4 is 29.4 Å². The van der Waals surface area contributed by atoms with Crippen LogP contribution in [0.15, 0.2) is 32.6 Å². The fourth-order valence-electron chi connectivity index (χ4n) is 4.10. The van der Waals surface area contributed by atoms with Crippen molar-refractivity contribution in [1.29, 1.82) is 5.26 Å². The summed E-state index contributed by atoms with van der Waals surface area (Å²) in [4.78, 5) is 51.3. The second kappa shape index (κ2) is 11.9. The summed E-state index contributed by atoms with van der Waals surface area (Å²) in [6.45, 7) is 5.06. The van der Waals surface area contributed by atoms with Gasteiger partial charge in [-0.25, -0.2) is 9.59 Å². The molecule has 1 aliphatic carbocycles. The Morgan fingerprint density at radius 3 is 2.35 bits per heavy atom. The van der Waals surface area contributed by atoms with Gasteiger partial charge in [-0.05, 0) is 50.7 Å². The van der Waals surface area contributed by atoms with E-state index in [1.807, 2.05) is 4.98 Å². The van der Waals surface area contributed by atoms with Gasteiger partial charge in [-0.15, -0.1) is 10.2 Å². The van der Waals surface area contributed by atoms with E-state index in [4.69, 9.17) is 42.7 Å². The average Bonchev–Trinajstić information content (AvgIpc) is 3.39. The standard InChI is InChI=1S/C25H24Cl2N6O7/c1-12(2)16-10-20(31-32(23(16)35)13(3)38-25(37)39-15-6-4-5-7-15)40-21-17(26)8-14(9-18(21)27)33-24(36)29-22(34)19(11-28)30-33/h8-10,12-13,15H,4-7H2,1-3H3,(H,29,34,36). The molecule has 4 rings (SSSR count). The van der Waals surface area contributed by atoms with Gasteiger partial charge >= 0.3 is 11.8 Å². The Kier molecular flexibility index (Phi) is 8.61. The summed E-state index contributed by atoms with van der Waals surface area (Å²) in [7, 11) is 0. The number of nitriles is 1. The molecule has 1 aromatic carbocycles. The van der Waals surface area contributed by atoms with E-state index in [2.05, 4.69) is 10.2 Å². The van der Waals surface area contributed by atoms with Gasteiger partial charge < -0.3 is 14.2 Å². The molecule has 0 radical (unpaired) electrons. The van der Waals surface area contributed by atoms with Crippen molar-refractivity contribution in [2.24, 2.45) is 0 Å². The van der Waals surface area contributed by atoms with E-state index < -0.39 is 34.9 Å². The number of halogens is 2. The summed E-state index contributed by atoms with van der Waals surface area (Å²) in [5.41, 5.74) is -2.52. The highest BCUT2D eigenvalue weighted by atomic mass is 35.5. The molecule has 3 aromatic rings. The number of nitrogens with zero attached hydrogens (tertiary/aromatic N) is 5. The van der Waals surface area contributed by atoms with E-state index >= 15 is 0 Å². The van der Waals surface area contributed by atoms with Gasteiger partial charge in [0.1, 0.15) is 12.2 Å². The van der Waals surface area contributed by atoms with Gasteiger partial charge in [0.15, 0.2) is 12.0 Å². The van der Waals surface area contributed by atoms with Crippen molar-refractivity contribution < 1.29 is 19.0 Å². The molecule has 15 heteroatoms. The summed E-state index contributed by atoms with van der Waals surface area (Å²) >= 11 is 12.8. The molecule has 40 heavy (non-hydrogen) atoms. The largest absolute Gasteiger partial charge is 0.510 e. The Balaban J connectivity index is 1.66. The topological polar surface area (TPSA) is 171 Å². The van der Waals surface area contributed by atoms with Crippen molar-refractivity contribution in [2.75, 3.05) is 0 Å². The summed E-state index contributed by atoms with van der Waals surface area (Å²) in [6, 6.07) is 5.56. The van der Waals surface area contributed by atoms with Gasteiger partial charge in [0.25, 0.3) is 11.1 Å². The Hall–Kier alpha value is -4.15. The maximum absolute atomic E-state index is 13.1. The molecule has 1 aliphatic rings. The zero-order valence-electron chi connectivity index (χ0n) is 21.6. The predicted molar refractivity (Wildman–Crippen MR) is 142 cm³/mol. The third-order valence-corrected chi connectivity index (χ3v) is 6.67. The molecule has 2 aromatic heterocycles. The SMILES string of the molecule is CC(C)c1cc(Oc2c(Cl)cc(-n3nc(C#N)c(=O)[nH]c3=O)cc2Cl)nn(C(C)OC(=O)OC2CCCC2)c1=O. The quantitative estimate of drug-likeness (QED) is 0.393. The minimum Gasteiger partial charge on any atom is -0.434 e. The van der Waals surface area contributed by atoms with E-state index in [1.54, 1.807) is 19.9 Å². The highest BCUT2D eigenvalue weighted by Gasteiger charge is 2.24. The normalized spacial score (nSPS) is 14.1. The predicted octanol–water partition coefficient (Wildman–Crippen LogP) is 4.19. The van der Waals surface area contributed by atoms with Gasteiger partial charge in [0.05, 0.1) is 15.7 Å². The lowest BCUT2D eigenvalue weighted by atomic mass is 10.1. The number of carbonyl (C=O) groups is 1. The monoisotopic (exact) mass is 590 g/mol. The maximum Gasteiger partial charge on any atom is 0.510 e. The maximum atomic E-state index is 13.1. The van der Waals surface area contributed by atoms with Crippen molar-refractivity contribution in [3.63, 3.8) is 0 Å². The van der Waals surface area contributed by atoms with Crippen LogP contribution in [0.1, 0.15) is 69.9 Å². The van der Waals surface area contributed by atoms with Crippen LogP contribution in [0.5, 0.6) is 11.6 Å². The van der Waals surface area contributed by atoms with Gasteiger partial charge in [-0.2, -0.15) is 14.6 Å². The molecular formula is C25H24Cl2N6O7. The summed E-state index contributed by atoms with van der Waals surface area (Å²) in [5.74, 6) is -0.389. The van der Waals surface area contributed by atoms with Crippen molar-refractivity contribution in [3.8, 4) is 23.4 Å². The molecule has 13 nitrogen and oxygen atoms in total. The molecule has 1 N–H and O–H groups in total. The second-order valence-corrected chi connectivity index (χ2v) is 10.1. The number of aromatic nitrogens is 5. The van der Waals surface area contributed by atoms with E-state index in [9.17, 15) is 19.2 Å². The lowest BCUT2D eigenvalue weighted by Crippen LogP contribution is -2.33. The highest BCUT2D eigenvalue weighted by Crippen LogP contribution is 2.38. The zero-order valence-corrected chi connectivity index (χ0v) is 23.2. The number of aromatic amines is 1. The Morgan fingerprint density at radius 2 is 1.75 bits per heavy atom. The van der Waals surface area contributed by atoms with Crippen LogP contribution < -0.4 is 21.5 Å². The van der Waals surface area contributed by atoms with Gasteiger partial charge in [-0.3, -0.25) is 14.6 Å². The number of rotatable bonds is 7. The van der Waals surface area contributed by atoms with Gasteiger partial charge in [0, 0.05) is 11.6 Å². The van der Waals surface area contributed by atoms with Crippen molar-refractivity contribution in [2.45, 2.75) is 64.7 Å². The number of H-pyrrole nitrogens is 1. The number of nitrogens with one attached hydrogen (secondary N) is 1.